The van der Waals surface area contributed by atoms with Gasteiger partial charge in [-0.3, -0.25) is 9.15 Å². The maximum absolute atomic E-state index is 13.5. The zero-order chi connectivity index (χ0) is 24.0. The molecule has 2 aromatic rings. The van der Waals surface area contributed by atoms with Gasteiger partial charge >= 0.3 is 16.2 Å². The third kappa shape index (κ3) is 3.95. The van der Waals surface area contributed by atoms with Crippen LogP contribution < -0.4 is 9.62 Å². The fourth-order valence-electron chi connectivity index (χ4n) is 5.65. The summed E-state index contributed by atoms with van der Waals surface area (Å²) in [5.41, 5.74) is 5.39. The molecule has 10 nitrogen and oxygen atoms in total. The number of amides is 2. The fraction of sp³-hybridized carbons (Fsp3) is 0.565. The highest BCUT2D eigenvalue weighted by Gasteiger charge is 2.38. The van der Waals surface area contributed by atoms with Gasteiger partial charge in [-0.15, -0.1) is 0 Å². The lowest BCUT2D eigenvalue weighted by Crippen LogP contribution is -2.50. The van der Waals surface area contributed by atoms with Crippen LogP contribution in [0.2, 0.25) is 0 Å². The first-order valence-corrected chi connectivity index (χ1v) is 13.4. The van der Waals surface area contributed by atoms with E-state index in [1.165, 1.54) is 22.0 Å². The third-order valence-electron chi connectivity index (χ3n) is 7.30. The number of carbonyl (C=O) groups excluding carboxylic acids is 1. The molecule has 0 radical (unpaired) electrons. The van der Waals surface area contributed by atoms with Gasteiger partial charge in [0.05, 0.1) is 17.9 Å². The summed E-state index contributed by atoms with van der Waals surface area (Å²) in [5, 5.41) is 19.9. The van der Waals surface area contributed by atoms with Gasteiger partial charge in [-0.1, -0.05) is 13.0 Å². The van der Waals surface area contributed by atoms with Gasteiger partial charge in [-0.2, -0.15) is 13.5 Å². The molecular formula is C23H31N6O4S-. The Labute approximate surface area is 200 Å². The first-order valence-electron chi connectivity index (χ1n) is 12.0. The first kappa shape index (κ1) is 23.1. The van der Waals surface area contributed by atoms with Crippen LogP contribution in [0.25, 0.3) is 0 Å². The second-order valence-electron chi connectivity index (χ2n) is 9.40. The van der Waals surface area contributed by atoms with Crippen LogP contribution in [0.5, 0.6) is 0 Å². The van der Waals surface area contributed by atoms with Crippen LogP contribution in [0, 0.1) is 5.21 Å². The van der Waals surface area contributed by atoms with Crippen molar-refractivity contribution in [3.05, 3.63) is 45.9 Å². The van der Waals surface area contributed by atoms with Crippen molar-refractivity contribution < 1.29 is 13.2 Å². The molecule has 184 valence electrons. The molecule has 11 heteroatoms. The fourth-order valence-corrected chi connectivity index (χ4v) is 6.97. The number of aryl methyl sites for hydroxylation is 3. The second-order valence-corrected chi connectivity index (χ2v) is 11.0. The first-order chi connectivity index (χ1) is 16.3. The molecule has 1 N–H and O–H groups in total. The molecule has 1 aliphatic heterocycles. The van der Waals surface area contributed by atoms with Crippen LogP contribution in [0.1, 0.15) is 48.4 Å². The summed E-state index contributed by atoms with van der Waals surface area (Å²) in [6, 6.07) is 0.590. The molecular weight excluding hydrogens is 456 g/mol. The van der Waals surface area contributed by atoms with Gasteiger partial charge in [-0.25, -0.2) is 9.10 Å². The molecule has 0 bridgehead atoms. The SMILES string of the molecule is CCN1CCC(N(c2cnn(C)c2)S(=O)(=O)N([O-])C(=O)Nc2c3c(cc4c2CCC4)CCC3)C1. The van der Waals surface area contributed by atoms with Crippen LogP contribution in [0.15, 0.2) is 18.5 Å². The van der Waals surface area contributed by atoms with E-state index < -0.39 is 22.3 Å². The van der Waals surface area contributed by atoms with E-state index in [1.807, 2.05) is 6.92 Å². The number of aromatic nitrogens is 2. The van der Waals surface area contributed by atoms with Crippen LogP contribution in [-0.4, -0.2) is 59.3 Å². The minimum atomic E-state index is -4.68. The number of urea groups is 1. The Morgan fingerprint density at radius 3 is 2.44 bits per heavy atom. The summed E-state index contributed by atoms with van der Waals surface area (Å²) in [5.74, 6) is 0. The molecule has 1 saturated heterocycles. The van der Waals surface area contributed by atoms with Crippen molar-refractivity contribution >= 4 is 27.6 Å². The zero-order valence-electron chi connectivity index (χ0n) is 19.7. The molecule has 1 aromatic heterocycles. The van der Waals surface area contributed by atoms with E-state index in [1.54, 1.807) is 13.2 Å². The van der Waals surface area contributed by atoms with Gasteiger partial charge < -0.3 is 15.4 Å². The Hall–Kier alpha value is -2.63. The summed E-state index contributed by atoms with van der Waals surface area (Å²) in [6.45, 7) is 4.00. The Morgan fingerprint density at radius 1 is 1.21 bits per heavy atom. The number of hydroxylamine groups is 1. The van der Waals surface area contributed by atoms with Crippen molar-refractivity contribution in [1.29, 1.82) is 0 Å². The number of rotatable bonds is 6. The quantitative estimate of drug-likeness (QED) is 0.627. The number of likely N-dealkylation sites (N-methyl/N-ethyl adjacent to an activating group) is 1. The topological polar surface area (TPSA) is 114 Å². The number of fused-ring (bicyclic) bond motifs is 2. The van der Waals surface area contributed by atoms with Crippen LogP contribution in [-0.2, 0) is 42.9 Å². The number of carbonyl (C=O) groups is 1. The number of nitrogens with one attached hydrogen (secondary N) is 1. The minimum Gasteiger partial charge on any atom is -0.740 e. The van der Waals surface area contributed by atoms with Crippen LogP contribution in [0.3, 0.4) is 0 Å². The van der Waals surface area contributed by atoms with E-state index in [4.69, 9.17) is 0 Å². The van der Waals surface area contributed by atoms with E-state index in [2.05, 4.69) is 21.4 Å². The maximum Gasteiger partial charge on any atom is 0.326 e. The lowest BCUT2D eigenvalue weighted by atomic mass is 9.99. The number of nitrogens with zero attached hydrogens (tertiary/aromatic N) is 5. The molecule has 1 unspecified atom stereocenters. The number of hydrogen-bond acceptors (Lipinski definition) is 6. The standard InChI is InChI=1S/C23H31N6O4S/c1-3-27-11-10-18(15-27)28(19-13-24-26(2)14-19)34(32,33)29(31)23(30)25-22-20-8-4-6-16(20)12-17-7-5-9-21(17)22/h12-14,18H,3-11,15H2,1-2H3,(H,25,30)/q-1. The largest absolute Gasteiger partial charge is 0.740 e. The predicted molar refractivity (Wildman–Crippen MR) is 130 cm³/mol. The molecule has 0 saturated carbocycles. The third-order valence-corrected chi connectivity index (χ3v) is 8.89. The van der Waals surface area contributed by atoms with E-state index in [0.29, 0.717) is 18.7 Å². The monoisotopic (exact) mass is 487 g/mol. The highest BCUT2D eigenvalue weighted by Crippen LogP contribution is 2.39. The molecule has 2 heterocycles. The normalized spacial score (nSPS) is 19.8. The average Bonchev–Trinajstić information content (AvgIpc) is 3.60. The van der Waals surface area contributed by atoms with Gasteiger partial charge in [0.25, 0.3) is 0 Å². The summed E-state index contributed by atoms with van der Waals surface area (Å²) in [6.07, 6.45) is 9.03. The lowest BCUT2D eigenvalue weighted by Gasteiger charge is -2.37. The number of hydrogen-bond donors (Lipinski definition) is 1. The van der Waals surface area contributed by atoms with Crippen molar-refractivity contribution in [2.75, 3.05) is 29.3 Å². The molecule has 5 rings (SSSR count). The smallest absolute Gasteiger partial charge is 0.326 e. The number of anilines is 2. The molecule has 0 spiro atoms. The Balaban J connectivity index is 1.45. The number of benzene rings is 1. The van der Waals surface area contributed by atoms with E-state index in [9.17, 15) is 18.4 Å². The summed E-state index contributed by atoms with van der Waals surface area (Å²) >= 11 is 0. The van der Waals surface area contributed by atoms with Crippen molar-refractivity contribution in [3.63, 3.8) is 0 Å². The van der Waals surface area contributed by atoms with Gasteiger partial charge in [0, 0.05) is 32.0 Å². The molecule has 1 fully saturated rings. The predicted octanol–water partition coefficient (Wildman–Crippen LogP) is 2.57. The average molecular weight is 488 g/mol. The molecule has 34 heavy (non-hydrogen) atoms. The Kier molecular flexibility index (Phi) is 6.03. The molecule has 1 aromatic carbocycles. The molecule has 2 aliphatic carbocycles. The summed E-state index contributed by atoms with van der Waals surface area (Å²) in [7, 11) is -3.00. The Bertz CT molecular complexity index is 1180. The molecule has 2 amide bonds. The minimum absolute atomic E-state index is 0.278. The van der Waals surface area contributed by atoms with Gasteiger partial charge in [0.2, 0.25) is 0 Å². The van der Waals surface area contributed by atoms with Crippen LogP contribution in [0.4, 0.5) is 16.2 Å². The second kappa shape index (κ2) is 8.86. The lowest BCUT2D eigenvalue weighted by molar-refractivity contribution is 0.243. The Morgan fingerprint density at radius 2 is 1.88 bits per heavy atom. The van der Waals surface area contributed by atoms with E-state index in [-0.39, 0.29) is 10.2 Å². The van der Waals surface area contributed by atoms with E-state index >= 15 is 0 Å². The summed E-state index contributed by atoms with van der Waals surface area (Å²) < 4.78 is 29.3. The highest BCUT2D eigenvalue weighted by molar-refractivity contribution is 7.91. The van der Waals surface area contributed by atoms with E-state index in [0.717, 1.165) is 67.0 Å². The highest BCUT2D eigenvalue weighted by atomic mass is 32.2. The molecule has 1 atom stereocenters. The van der Waals surface area contributed by atoms with Gasteiger partial charge in [0.15, 0.2) is 0 Å². The zero-order valence-corrected chi connectivity index (χ0v) is 20.5. The van der Waals surface area contributed by atoms with Gasteiger partial charge in [0.1, 0.15) is 0 Å². The molecule has 3 aliphatic rings. The van der Waals surface area contributed by atoms with Gasteiger partial charge in [-0.05, 0) is 73.7 Å². The van der Waals surface area contributed by atoms with Crippen molar-refractivity contribution in [2.45, 2.75) is 57.9 Å². The maximum atomic E-state index is 13.5. The van der Waals surface area contributed by atoms with Crippen LogP contribution >= 0.6 is 0 Å². The van der Waals surface area contributed by atoms with Crippen molar-refractivity contribution in [2.24, 2.45) is 7.05 Å². The summed E-state index contributed by atoms with van der Waals surface area (Å²) in [4.78, 5) is 15.2. The van der Waals surface area contributed by atoms with Crippen molar-refractivity contribution in [3.8, 4) is 0 Å². The van der Waals surface area contributed by atoms with Crippen molar-refractivity contribution in [1.82, 2.24) is 19.1 Å². The number of likely N-dealkylation sites (tertiary alicyclic amines) is 1.